The van der Waals surface area contributed by atoms with Crippen LogP contribution in [0.1, 0.15) is 17.5 Å². The molecule has 3 aromatic carbocycles. The number of amidine groups is 1. The molecular formula is C22H20N2O2S. The molecule has 1 heterocycles. The van der Waals surface area contributed by atoms with Gasteiger partial charge in [-0.05, 0) is 36.6 Å². The van der Waals surface area contributed by atoms with E-state index in [0.717, 1.165) is 30.6 Å². The first-order chi connectivity index (χ1) is 13.1. The summed E-state index contributed by atoms with van der Waals surface area (Å²) in [5.74, 6) is 0.464. The van der Waals surface area contributed by atoms with E-state index in [1.807, 2.05) is 53.4 Å². The predicted molar refractivity (Wildman–Crippen MR) is 109 cm³/mol. The summed E-state index contributed by atoms with van der Waals surface area (Å²) in [7, 11) is -3.81. The first-order valence-electron chi connectivity index (χ1n) is 8.96. The molecule has 27 heavy (non-hydrogen) atoms. The Hall–Kier alpha value is -2.92. The minimum Gasteiger partial charge on any atom is -0.325 e. The molecule has 3 aromatic rings. The monoisotopic (exact) mass is 376 g/mol. The summed E-state index contributed by atoms with van der Waals surface area (Å²) in [4.78, 5) is 2.22. The SMILES string of the molecule is O=S(=O)(N=C(c1ccccc1)N1CCCc2ccccc21)c1ccccc1. The Bertz CT molecular complexity index is 1060. The molecule has 0 fully saturated rings. The van der Waals surface area contributed by atoms with Gasteiger partial charge in [-0.3, -0.25) is 0 Å². The number of benzene rings is 3. The van der Waals surface area contributed by atoms with E-state index in [0.29, 0.717) is 5.84 Å². The van der Waals surface area contributed by atoms with Crippen molar-refractivity contribution in [3.8, 4) is 0 Å². The molecule has 0 saturated heterocycles. The maximum Gasteiger partial charge on any atom is 0.284 e. The molecule has 136 valence electrons. The molecule has 0 aromatic heterocycles. The van der Waals surface area contributed by atoms with Crippen molar-refractivity contribution in [1.82, 2.24) is 0 Å². The molecule has 0 radical (unpaired) electrons. The minimum atomic E-state index is -3.81. The van der Waals surface area contributed by atoms with Crippen LogP contribution in [0.4, 0.5) is 5.69 Å². The van der Waals surface area contributed by atoms with E-state index in [2.05, 4.69) is 10.5 Å². The summed E-state index contributed by atoms with van der Waals surface area (Å²) in [5.41, 5.74) is 3.02. The molecule has 0 spiro atoms. The van der Waals surface area contributed by atoms with E-state index in [-0.39, 0.29) is 4.90 Å². The van der Waals surface area contributed by atoms with Crippen LogP contribution < -0.4 is 4.90 Å². The second-order valence-electron chi connectivity index (χ2n) is 6.45. The van der Waals surface area contributed by atoms with Gasteiger partial charge < -0.3 is 4.90 Å². The summed E-state index contributed by atoms with van der Waals surface area (Å²) in [6.07, 6.45) is 1.94. The van der Waals surface area contributed by atoms with Crippen molar-refractivity contribution in [3.63, 3.8) is 0 Å². The van der Waals surface area contributed by atoms with Crippen LogP contribution in [0.15, 0.2) is 94.2 Å². The van der Waals surface area contributed by atoms with E-state index in [9.17, 15) is 8.42 Å². The second-order valence-corrected chi connectivity index (χ2v) is 8.06. The Morgan fingerprint density at radius 2 is 1.44 bits per heavy atom. The van der Waals surface area contributed by atoms with Gasteiger partial charge >= 0.3 is 0 Å². The first-order valence-corrected chi connectivity index (χ1v) is 10.4. The lowest BCUT2D eigenvalue weighted by Crippen LogP contribution is -2.36. The summed E-state index contributed by atoms with van der Waals surface area (Å²) in [6, 6.07) is 26.0. The number of nitrogens with zero attached hydrogens (tertiary/aromatic N) is 2. The quantitative estimate of drug-likeness (QED) is 0.506. The van der Waals surface area contributed by atoms with E-state index in [1.54, 1.807) is 30.3 Å². The van der Waals surface area contributed by atoms with Crippen molar-refractivity contribution in [2.24, 2.45) is 4.40 Å². The molecule has 4 rings (SSSR count). The fraction of sp³-hybridized carbons (Fsp3) is 0.136. The highest BCUT2D eigenvalue weighted by molar-refractivity contribution is 7.90. The van der Waals surface area contributed by atoms with Crippen molar-refractivity contribution >= 4 is 21.5 Å². The van der Waals surface area contributed by atoms with Crippen LogP contribution in [0.2, 0.25) is 0 Å². The fourth-order valence-electron chi connectivity index (χ4n) is 3.36. The van der Waals surface area contributed by atoms with Gasteiger partial charge in [-0.1, -0.05) is 66.7 Å². The lowest BCUT2D eigenvalue weighted by molar-refractivity contribution is 0.598. The number of hydrogen-bond donors (Lipinski definition) is 0. The molecule has 0 aliphatic carbocycles. The van der Waals surface area contributed by atoms with Crippen molar-refractivity contribution in [2.45, 2.75) is 17.7 Å². The molecular weight excluding hydrogens is 356 g/mol. The smallest absolute Gasteiger partial charge is 0.284 e. The van der Waals surface area contributed by atoms with Gasteiger partial charge in [0.25, 0.3) is 10.0 Å². The molecule has 0 amide bonds. The summed E-state index contributed by atoms with van der Waals surface area (Å²) >= 11 is 0. The van der Waals surface area contributed by atoms with Gasteiger partial charge in [0, 0.05) is 17.8 Å². The Balaban J connectivity index is 1.87. The topological polar surface area (TPSA) is 49.7 Å². The molecule has 0 bridgehead atoms. The Kier molecular flexibility index (Phi) is 4.77. The number of anilines is 1. The zero-order valence-electron chi connectivity index (χ0n) is 14.8. The number of para-hydroxylation sites is 1. The number of sulfonamides is 1. The van der Waals surface area contributed by atoms with Gasteiger partial charge in [0.1, 0.15) is 0 Å². The zero-order chi connectivity index (χ0) is 18.7. The van der Waals surface area contributed by atoms with Crippen molar-refractivity contribution in [1.29, 1.82) is 0 Å². The van der Waals surface area contributed by atoms with Gasteiger partial charge in [-0.2, -0.15) is 8.42 Å². The van der Waals surface area contributed by atoms with E-state index in [1.165, 1.54) is 5.56 Å². The van der Waals surface area contributed by atoms with Gasteiger partial charge in [-0.15, -0.1) is 4.40 Å². The molecule has 1 aliphatic heterocycles. The molecule has 0 N–H and O–H groups in total. The molecule has 0 unspecified atom stereocenters. The fourth-order valence-corrected chi connectivity index (χ4v) is 4.40. The highest BCUT2D eigenvalue weighted by Crippen LogP contribution is 2.29. The van der Waals surface area contributed by atoms with E-state index < -0.39 is 10.0 Å². The van der Waals surface area contributed by atoms with Crippen molar-refractivity contribution in [3.05, 3.63) is 96.1 Å². The lowest BCUT2D eigenvalue weighted by atomic mass is 10.0. The molecule has 1 aliphatic rings. The second kappa shape index (κ2) is 7.37. The standard InChI is InChI=1S/C22H20N2O2S/c25-27(26,20-14-5-2-6-15-20)23-22(19-11-3-1-4-12-19)24-17-9-13-18-10-7-8-16-21(18)24/h1-8,10-12,14-16H,9,13,17H2. The summed E-state index contributed by atoms with van der Waals surface area (Å²) in [5, 5.41) is 0. The predicted octanol–water partition coefficient (Wildman–Crippen LogP) is 4.27. The average Bonchev–Trinajstić information content (AvgIpc) is 2.73. The van der Waals surface area contributed by atoms with E-state index >= 15 is 0 Å². The maximum absolute atomic E-state index is 13.0. The van der Waals surface area contributed by atoms with Crippen LogP contribution in [0.3, 0.4) is 0 Å². The largest absolute Gasteiger partial charge is 0.325 e. The lowest BCUT2D eigenvalue weighted by Gasteiger charge is -2.32. The van der Waals surface area contributed by atoms with Crippen LogP contribution in [-0.4, -0.2) is 20.8 Å². The summed E-state index contributed by atoms with van der Waals surface area (Å²) < 4.78 is 30.2. The molecule has 4 nitrogen and oxygen atoms in total. The van der Waals surface area contributed by atoms with Crippen molar-refractivity contribution < 1.29 is 8.42 Å². The third-order valence-corrected chi connectivity index (χ3v) is 5.93. The van der Waals surface area contributed by atoms with E-state index in [4.69, 9.17) is 0 Å². The third-order valence-electron chi connectivity index (χ3n) is 4.65. The average molecular weight is 376 g/mol. The Morgan fingerprint density at radius 3 is 2.19 bits per heavy atom. The normalized spacial score (nSPS) is 14.7. The number of aryl methyl sites for hydroxylation is 1. The van der Waals surface area contributed by atoms with Gasteiger partial charge in [0.05, 0.1) is 4.90 Å². The van der Waals surface area contributed by atoms with Gasteiger partial charge in [0.2, 0.25) is 0 Å². The number of rotatable bonds is 3. The van der Waals surface area contributed by atoms with Gasteiger partial charge in [0.15, 0.2) is 5.84 Å². The van der Waals surface area contributed by atoms with Crippen molar-refractivity contribution in [2.75, 3.05) is 11.4 Å². The molecule has 0 saturated carbocycles. The minimum absolute atomic E-state index is 0.198. The molecule has 5 heteroatoms. The number of hydrogen-bond acceptors (Lipinski definition) is 2. The third kappa shape index (κ3) is 3.64. The number of fused-ring (bicyclic) bond motifs is 1. The zero-order valence-corrected chi connectivity index (χ0v) is 15.6. The van der Waals surface area contributed by atoms with Crippen LogP contribution >= 0.6 is 0 Å². The Labute approximate surface area is 159 Å². The van der Waals surface area contributed by atoms with Crippen LogP contribution in [-0.2, 0) is 16.4 Å². The van der Waals surface area contributed by atoms with Gasteiger partial charge in [-0.25, -0.2) is 0 Å². The van der Waals surface area contributed by atoms with Crippen LogP contribution in [0.25, 0.3) is 0 Å². The highest BCUT2D eigenvalue weighted by Gasteiger charge is 2.24. The summed E-state index contributed by atoms with van der Waals surface area (Å²) in [6.45, 7) is 0.731. The Morgan fingerprint density at radius 1 is 0.815 bits per heavy atom. The molecule has 0 atom stereocenters. The maximum atomic E-state index is 13.0. The highest BCUT2D eigenvalue weighted by atomic mass is 32.2. The first kappa shape index (κ1) is 17.5. The van der Waals surface area contributed by atoms with Crippen LogP contribution in [0.5, 0.6) is 0 Å². The van der Waals surface area contributed by atoms with Crippen LogP contribution in [0, 0.1) is 0 Å².